The molecule has 0 radical (unpaired) electrons. The zero-order valence-corrected chi connectivity index (χ0v) is 18.1. The Balaban J connectivity index is 2.13. The van der Waals surface area contributed by atoms with Crippen LogP contribution in [0.4, 0.5) is 0 Å². The molecule has 2 heterocycles. The Kier molecular flexibility index (Phi) is 5.50. The zero-order valence-electron chi connectivity index (χ0n) is 18.1. The maximum Gasteiger partial charge on any atom is 0.340 e. The van der Waals surface area contributed by atoms with Crippen LogP contribution in [-0.2, 0) is 21.4 Å². The summed E-state index contributed by atoms with van der Waals surface area (Å²) in [5, 5.41) is 13.3. The summed E-state index contributed by atoms with van der Waals surface area (Å²) < 4.78 is 11.4. The molecule has 2 N–H and O–H groups in total. The second-order valence-corrected chi connectivity index (χ2v) is 8.69. The van der Waals surface area contributed by atoms with E-state index in [1.54, 1.807) is 20.1 Å². The lowest BCUT2D eigenvalue weighted by Crippen LogP contribution is -2.41. The molecule has 0 unspecified atom stereocenters. The molecule has 7 heteroatoms. The quantitative estimate of drug-likeness (QED) is 0.613. The van der Waals surface area contributed by atoms with Crippen LogP contribution in [0.3, 0.4) is 0 Å². The Bertz CT molecular complexity index is 1210. The van der Waals surface area contributed by atoms with Crippen LogP contribution in [0, 0.1) is 13.8 Å². The predicted octanol–water partition coefficient (Wildman–Crippen LogP) is 3.98. The Morgan fingerprint density at radius 3 is 2.37 bits per heavy atom. The van der Waals surface area contributed by atoms with Gasteiger partial charge in [-0.15, -0.1) is 0 Å². The average molecular weight is 413 g/mol. The summed E-state index contributed by atoms with van der Waals surface area (Å²) in [6, 6.07) is 0.945. The van der Waals surface area contributed by atoms with Gasteiger partial charge < -0.3 is 19.3 Å². The molecular weight excluding hydrogens is 386 g/mol. The highest BCUT2D eigenvalue weighted by Crippen LogP contribution is 2.37. The van der Waals surface area contributed by atoms with E-state index < -0.39 is 23.5 Å². The molecule has 7 nitrogen and oxygen atoms in total. The second-order valence-electron chi connectivity index (χ2n) is 8.69. The van der Waals surface area contributed by atoms with E-state index in [-0.39, 0.29) is 23.8 Å². The average Bonchev–Trinajstić information content (AvgIpc) is 3.09. The predicted molar refractivity (Wildman–Crippen MR) is 114 cm³/mol. The third kappa shape index (κ3) is 3.72. The topological polar surface area (TPSA) is 110 Å². The maximum absolute atomic E-state index is 12.6. The summed E-state index contributed by atoms with van der Waals surface area (Å²) in [6.07, 6.45) is 1.73. The SMILES string of the molecule is CC[C@H](NC(=O)Cc1c(C)c2cc3c(C(C)(C)C)coc3c(C)c2oc1=O)C(=O)O. The maximum atomic E-state index is 12.6. The van der Waals surface area contributed by atoms with Crippen molar-refractivity contribution in [3.05, 3.63) is 45.0 Å². The largest absolute Gasteiger partial charge is 0.480 e. The first kappa shape index (κ1) is 21.6. The molecule has 0 aliphatic heterocycles. The number of carboxylic acids is 1. The van der Waals surface area contributed by atoms with Gasteiger partial charge in [-0.05, 0) is 37.3 Å². The molecule has 0 saturated heterocycles. The van der Waals surface area contributed by atoms with E-state index in [1.165, 1.54) is 0 Å². The van der Waals surface area contributed by atoms with E-state index in [1.807, 2.05) is 13.0 Å². The fourth-order valence-electron chi connectivity index (χ4n) is 3.73. The lowest BCUT2D eigenvalue weighted by molar-refractivity contribution is -0.141. The Hall–Kier alpha value is -3.09. The van der Waals surface area contributed by atoms with Crippen LogP contribution in [0.5, 0.6) is 0 Å². The third-order valence-electron chi connectivity index (χ3n) is 5.53. The van der Waals surface area contributed by atoms with Crippen molar-refractivity contribution >= 4 is 33.8 Å². The molecule has 0 fully saturated rings. The number of amides is 1. The molecule has 3 aromatic rings. The number of aliphatic carboxylic acids is 1. The van der Waals surface area contributed by atoms with Crippen molar-refractivity contribution in [2.45, 2.75) is 65.8 Å². The standard InChI is InChI=1S/C23H27NO6/c1-7-17(21(26)27)24-18(25)9-14-11(2)13-8-15-16(23(4,5)6)10-29-19(15)12(3)20(13)30-22(14)28/h8,10,17H,7,9H2,1-6H3,(H,24,25)(H,26,27)/t17-/m0/s1. The minimum Gasteiger partial charge on any atom is -0.480 e. The summed E-state index contributed by atoms with van der Waals surface area (Å²) in [7, 11) is 0. The summed E-state index contributed by atoms with van der Waals surface area (Å²) in [5.74, 6) is -1.64. The molecule has 1 atom stereocenters. The van der Waals surface area contributed by atoms with Gasteiger partial charge in [0.2, 0.25) is 5.91 Å². The third-order valence-corrected chi connectivity index (χ3v) is 5.53. The molecule has 2 aromatic heterocycles. The minimum absolute atomic E-state index is 0.135. The summed E-state index contributed by atoms with van der Waals surface area (Å²) in [5.41, 5.74) is 3.00. The van der Waals surface area contributed by atoms with E-state index in [2.05, 4.69) is 26.1 Å². The van der Waals surface area contributed by atoms with Crippen LogP contribution in [0.25, 0.3) is 21.9 Å². The number of carbonyl (C=O) groups is 2. The van der Waals surface area contributed by atoms with Gasteiger partial charge in [0.25, 0.3) is 0 Å². The number of benzene rings is 1. The van der Waals surface area contributed by atoms with Crippen LogP contribution in [0.1, 0.15) is 56.4 Å². The highest BCUT2D eigenvalue weighted by atomic mass is 16.4. The van der Waals surface area contributed by atoms with Gasteiger partial charge in [-0.1, -0.05) is 27.7 Å². The lowest BCUT2D eigenvalue weighted by Gasteiger charge is -2.17. The number of rotatable bonds is 5. The molecule has 0 aliphatic rings. The molecule has 3 rings (SSSR count). The number of aryl methyl sites for hydroxylation is 2. The van der Waals surface area contributed by atoms with Gasteiger partial charge >= 0.3 is 11.6 Å². The number of carbonyl (C=O) groups excluding carboxylic acids is 1. The van der Waals surface area contributed by atoms with Gasteiger partial charge in [-0.25, -0.2) is 9.59 Å². The molecule has 30 heavy (non-hydrogen) atoms. The molecular formula is C23H27NO6. The second kappa shape index (κ2) is 7.63. The molecule has 1 aromatic carbocycles. The number of carboxylic acid groups (broad SMARTS) is 1. The van der Waals surface area contributed by atoms with Crippen LogP contribution < -0.4 is 10.9 Å². The van der Waals surface area contributed by atoms with Crippen LogP contribution >= 0.6 is 0 Å². The number of nitrogens with one attached hydrogen (secondary N) is 1. The minimum atomic E-state index is -1.11. The summed E-state index contributed by atoms with van der Waals surface area (Å²) >= 11 is 0. The number of hydrogen-bond donors (Lipinski definition) is 2. The molecule has 1 amide bonds. The number of furan rings is 1. The molecule has 0 saturated carbocycles. The van der Waals surface area contributed by atoms with Gasteiger partial charge in [-0.2, -0.15) is 0 Å². The fraction of sp³-hybridized carbons (Fsp3) is 0.435. The first-order valence-corrected chi connectivity index (χ1v) is 9.95. The van der Waals surface area contributed by atoms with Crippen molar-refractivity contribution in [1.29, 1.82) is 0 Å². The first-order chi connectivity index (χ1) is 14.0. The van der Waals surface area contributed by atoms with E-state index >= 15 is 0 Å². The van der Waals surface area contributed by atoms with E-state index in [4.69, 9.17) is 13.9 Å². The van der Waals surface area contributed by atoms with E-state index in [0.717, 1.165) is 21.9 Å². The lowest BCUT2D eigenvalue weighted by atomic mass is 9.86. The first-order valence-electron chi connectivity index (χ1n) is 9.95. The smallest absolute Gasteiger partial charge is 0.340 e. The molecule has 0 bridgehead atoms. The van der Waals surface area contributed by atoms with Crippen molar-refractivity contribution in [2.75, 3.05) is 0 Å². The van der Waals surface area contributed by atoms with Gasteiger partial charge in [-0.3, -0.25) is 4.79 Å². The van der Waals surface area contributed by atoms with Crippen LogP contribution in [0.15, 0.2) is 26.0 Å². The Morgan fingerprint density at radius 1 is 1.13 bits per heavy atom. The van der Waals surface area contributed by atoms with Crippen LogP contribution in [0.2, 0.25) is 0 Å². The van der Waals surface area contributed by atoms with E-state index in [9.17, 15) is 14.4 Å². The highest BCUT2D eigenvalue weighted by molar-refractivity contribution is 6.00. The Morgan fingerprint density at radius 2 is 1.80 bits per heavy atom. The van der Waals surface area contributed by atoms with Crippen molar-refractivity contribution in [3.8, 4) is 0 Å². The van der Waals surface area contributed by atoms with Crippen molar-refractivity contribution < 1.29 is 23.5 Å². The number of fused-ring (bicyclic) bond motifs is 2. The highest BCUT2D eigenvalue weighted by Gasteiger charge is 2.25. The van der Waals surface area contributed by atoms with Gasteiger partial charge in [0.05, 0.1) is 18.2 Å². The molecule has 0 spiro atoms. The Labute approximate surface area is 174 Å². The van der Waals surface area contributed by atoms with Gasteiger partial charge in [0, 0.05) is 21.9 Å². The van der Waals surface area contributed by atoms with Crippen molar-refractivity contribution in [2.24, 2.45) is 0 Å². The molecule has 0 aliphatic carbocycles. The van der Waals surface area contributed by atoms with Gasteiger partial charge in [0.15, 0.2) is 0 Å². The monoisotopic (exact) mass is 413 g/mol. The zero-order chi connectivity index (χ0) is 22.4. The summed E-state index contributed by atoms with van der Waals surface area (Å²) in [4.78, 5) is 36.2. The summed E-state index contributed by atoms with van der Waals surface area (Å²) in [6.45, 7) is 11.6. The fourth-order valence-corrected chi connectivity index (χ4v) is 3.73. The normalized spacial score (nSPS) is 13.0. The van der Waals surface area contributed by atoms with Crippen LogP contribution in [-0.4, -0.2) is 23.0 Å². The number of hydrogen-bond acceptors (Lipinski definition) is 5. The molecule has 160 valence electrons. The van der Waals surface area contributed by atoms with Crippen molar-refractivity contribution in [3.63, 3.8) is 0 Å². The van der Waals surface area contributed by atoms with Gasteiger partial charge in [0.1, 0.15) is 17.2 Å². The van der Waals surface area contributed by atoms with Crippen molar-refractivity contribution in [1.82, 2.24) is 5.32 Å². The van der Waals surface area contributed by atoms with E-state index in [0.29, 0.717) is 16.7 Å².